The first-order valence-corrected chi connectivity index (χ1v) is 6.87. The van der Waals surface area contributed by atoms with Gasteiger partial charge in [-0.1, -0.05) is 49.9 Å². The molecule has 1 aromatic rings. The first kappa shape index (κ1) is 15.3. The van der Waals surface area contributed by atoms with Crippen LogP contribution in [0.2, 0.25) is 10.2 Å². The Hall–Kier alpha value is -0.800. The summed E-state index contributed by atoms with van der Waals surface area (Å²) in [6, 6.07) is 1.66. The Labute approximate surface area is 118 Å². The number of amides is 1. The van der Waals surface area contributed by atoms with Gasteiger partial charge in [-0.2, -0.15) is 0 Å². The van der Waals surface area contributed by atoms with Gasteiger partial charge in [-0.3, -0.25) is 4.79 Å². The third-order valence-corrected chi connectivity index (χ3v) is 3.86. The molecule has 1 heterocycles. The monoisotopic (exact) mass is 288 g/mol. The van der Waals surface area contributed by atoms with Crippen LogP contribution >= 0.6 is 23.2 Å². The number of carbonyl (C=O) groups is 1. The van der Waals surface area contributed by atoms with Crippen molar-refractivity contribution in [1.29, 1.82) is 0 Å². The van der Waals surface area contributed by atoms with Crippen LogP contribution in [0.25, 0.3) is 0 Å². The molecule has 1 aromatic heterocycles. The average molecular weight is 289 g/mol. The first-order valence-electron chi connectivity index (χ1n) is 6.11. The number of nitrogens with zero attached hydrogens (tertiary/aromatic N) is 1. The summed E-state index contributed by atoms with van der Waals surface area (Å²) in [5.41, 5.74) is 0.433. The fourth-order valence-electron chi connectivity index (χ4n) is 1.95. The largest absolute Gasteiger partial charge is 0.349 e. The van der Waals surface area contributed by atoms with Crippen LogP contribution in [0.5, 0.6) is 0 Å². The van der Waals surface area contributed by atoms with E-state index in [1.54, 1.807) is 0 Å². The standard InChI is InChI=1S/C13H18Cl2N2O/c1-4-9(5-2)8(3)17-13(18)10-6-11(14)12(15)16-7-10/h6-9H,4-5H2,1-3H3,(H,17,18). The third-order valence-electron chi connectivity index (χ3n) is 3.17. The van der Waals surface area contributed by atoms with Gasteiger partial charge in [0.15, 0.2) is 0 Å². The van der Waals surface area contributed by atoms with Crippen LogP contribution in [-0.4, -0.2) is 16.9 Å². The number of hydrogen-bond donors (Lipinski definition) is 1. The lowest BCUT2D eigenvalue weighted by Crippen LogP contribution is -2.37. The summed E-state index contributed by atoms with van der Waals surface area (Å²) in [5.74, 6) is 0.310. The van der Waals surface area contributed by atoms with Crippen LogP contribution in [0.3, 0.4) is 0 Å². The van der Waals surface area contributed by atoms with E-state index in [2.05, 4.69) is 24.1 Å². The SMILES string of the molecule is CCC(CC)C(C)NC(=O)c1cnc(Cl)c(Cl)c1. The lowest BCUT2D eigenvalue weighted by atomic mass is 9.95. The topological polar surface area (TPSA) is 42.0 Å². The van der Waals surface area contributed by atoms with Crippen molar-refractivity contribution in [2.45, 2.75) is 39.7 Å². The maximum atomic E-state index is 12.0. The number of rotatable bonds is 5. The number of carbonyl (C=O) groups excluding carboxylic acids is 1. The van der Waals surface area contributed by atoms with E-state index in [0.717, 1.165) is 12.8 Å². The minimum atomic E-state index is -0.166. The van der Waals surface area contributed by atoms with Crippen LogP contribution in [-0.2, 0) is 0 Å². The van der Waals surface area contributed by atoms with E-state index in [4.69, 9.17) is 23.2 Å². The molecule has 0 aliphatic carbocycles. The van der Waals surface area contributed by atoms with E-state index >= 15 is 0 Å². The summed E-state index contributed by atoms with van der Waals surface area (Å²) in [6.45, 7) is 6.26. The van der Waals surface area contributed by atoms with E-state index < -0.39 is 0 Å². The Balaban J connectivity index is 2.73. The Morgan fingerprint density at radius 2 is 2.00 bits per heavy atom. The third kappa shape index (κ3) is 3.85. The fraction of sp³-hybridized carbons (Fsp3) is 0.538. The van der Waals surface area contributed by atoms with E-state index in [1.807, 2.05) is 6.92 Å². The normalized spacial score (nSPS) is 12.6. The van der Waals surface area contributed by atoms with Gasteiger partial charge >= 0.3 is 0 Å². The average Bonchev–Trinajstić information content (AvgIpc) is 2.34. The molecule has 0 saturated heterocycles. The number of nitrogens with one attached hydrogen (secondary N) is 1. The minimum Gasteiger partial charge on any atom is -0.349 e. The van der Waals surface area contributed by atoms with Crippen LogP contribution in [0.15, 0.2) is 12.3 Å². The van der Waals surface area contributed by atoms with Gasteiger partial charge in [0, 0.05) is 12.2 Å². The van der Waals surface area contributed by atoms with E-state index in [1.165, 1.54) is 12.3 Å². The Morgan fingerprint density at radius 1 is 1.39 bits per heavy atom. The molecule has 0 aliphatic heterocycles. The van der Waals surface area contributed by atoms with Crippen molar-refractivity contribution >= 4 is 29.1 Å². The molecule has 0 saturated carbocycles. The Morgan fingerprint density at radius 3 is 2.50 bits per heavy atom. The highest BCUT2D eigenvalue weighted by Gasteiger charge is 2.17. The van der Waals surface area contributed by atoms with Crippen molar-refractivity contribution in [1.82, 2.24) is 10.3 Å². The molecule has 100 valence electrons. The van der Waals surface area contributed by atoms with Crippen molar-refractivity contribution < 1.29 is 4.79 Å². The molecule has 3 nitrogen and oxygen atoms in total. The Kier molecular flexibility index (Phi) is 5.89. The lowest BCUT2D eigenvalue weighted by Gasteiger charge is -2.22. The minimum absolute atomic E-state index is 0.127. The molecule has 0 spiro atoms. The molecular formula is C13H18Cl2N2O. The molecule has 0 fully saturated rings. The number of pyridine rings is 1. The van der Waals surface area contributed by atoms with Crippen LogP contribution < -0.4 is 5.32 Å². The van der Waals surface area contributed by atoms with E-state index in [9.17, 15) is 4.79 Å². The summed E-state index contributed by atoms with van der Waals surface area (Å²) in [4.78, 5) is 15.9. The zero-order valence-corrected chi connectivity index (χ0v) is 12.3. The molecule has 1 rings (SSSR count). The molecule has 0 aliphatic rings. The van der Waals surface area contributed by atoms with Crippen LogP contribution in [0.1, 0.15) is 44.0 Å². The van der Waals surface area contributed by atoms with Gasteiger partial charge in [-0.25, -0.2) is 4.98 Å². The maximum absolute atomic E-state index is 12.0. The molecule has 1 amide bonds. The second-order valence-electron chi connectivity index (χ2n) is 4.34. The van der Waals surface area contributed by atoms with Crippen molar-refractivity contribution in [3.8, 4) is 0 Å². The number of halogens is 2. The van der Waals surface area contributed by atoms with Crippen LogP contribution in [0.4, 0.5) is 0 Å². The van der Waals surface area contributed by atoms with Gasteiger partial charge in [0.05, 0.1) is 10.6 Å². The highest BCUT2D eigenvalue weighted by atomic mass is 35.5. The van der Waals surface area contributed by atoms with Crippen molar-refractivity contribution in [3.63, 3.8) is 0 Å². The van der Waals surface area contributed by atoms with Gasteiger partial charge in [0.25, 0.3) is 5.91 Å². The van der Waals surface area contributed by atoms with Crippen LogP contribution in [0, 0.1) is 5.92 Å². The Bertz CT molecular complexity index is 419. The molecule has 1 atom stereocenters. The first-order chi connectivity index (χ1) is 8.49. The van der Waals surface area contributed by atoms with Gasteiger partial charge in [0.2, 0.25) is 0 Å². The van der Waals surface area contributed by atoms with Gasteiger partial charge in [0.1, 0.15) is 5.15 Å². The molecule has 0 radical (unpaired) electrons. The summed E-state index contributed by atoms with van der Waals surface area (Å²) >= 11 is 11.5. The molecule has 0 bridgehead atoms. The lowest BCUT2D eigenvalue weighted by molar-refractivity contribution is 0.0925. The number of hydrogen-bond acceptors (Lipinski definition) is 2. The van der Waals surface area contributed by atoms with Gasteiger partial charge in [-0.15, -0.1) is 0 Å². The van der Waals surface area contributed by atoms with Crippen molar-refractivity contribution in [3.05, 3.63) is 28.0 Å². The van der Waals surface area contributed by atoms with Crippen molar-refractivity contribution in [2.75, 3.05) is 0 Å². The zero-order chi connectivity index (χ0) is 13.7. The quantitative estimate of drug-likeness (QED) is 0.834. The number of aromatic nitrogens is 1. The predicted octanol–water partition coefficient (Wildman–Crippen LogP) is 3.94. The molecular weight excluding hydrogens is 271 g/mol. The van der Waals surface area contributed by atoms with Gasteiger partial charge < -0.3 is 5.32 Å². The highest BCUT2D eigenvalue weighted by molar-refractivity contribution is 6.41. The second kappa shape index (κ2) is 6.95. The predicted molar refractivity (Wildman–Crippen MR) is 75.3 cm³/mol. The summed E-state index contributed by atoms with van der Waals surface area (Å²) in [6.07, 6.45) is 3.51. The zero-order valence-electron chi connectivity index (χ0n) is 10.8. The molecule has 1 unspecified atom stereocenters. The fourth-order valence-corrected chi connectivity index (χ4v) is 2.22. The summed E-state index contributed by atoms with van der Waals surface area (Å²) in [5, 5.41) is 3.46. The molecule has 1 N–H and O–H groups in total. The maximum Gasteiger partial charge on any atom is 0.253 e. The van der Waals surface area contributed by atoms with E-state index in [0.29, 0.717) is 16.5 Å². The molecule has 0 aromatic carbocycles. The van der Waals surface area contributed by atoms with Gasteiger partial charge in [-0.05, 0) is 18.9 Å². The molecule has 18 heavy (non-hydrogen) atoms. The molecule has 5 heteroatoms. The smallest absolute Gasteiger partial charge is 0.253 e. The second-order valence-corrected chi connectivity index (χ2v) is 5.10. The van der Waals surface area contributed by atoms with E-state index in [-0.39, 0.29) is 17.1 Å². The summed E-state index contributed by atoms with van der Waals surface area (Å²) in [7, 11) is 0. The highest BCUT2D eigenvalue weighted by Crippen LogP contribution is 2.20. The summed E-state index contributed by atoms with van der Waals surface area (Å²) < 4.78 is 0. The van der Waals surface area contributed by atoms with Crippen molar-refractivity contribution in [2.24, 2.45) is 5.92 Å².